The molecule has 64 valence electrons. The van der Waals surface area contributed by atoms with Gasteiger partial charge in [-0.2, -0.15) is 0 Å². The second kappa shape index (κ2) is 3.39. The lowest BCUT2D eigenvalue weighted by atomic mass is 10.0. The molecule has 2 heteroatoms. The van der Waals surface area contributed by atoms with Crippen LogP contribution in [0.25, 0.3) is 0 Å². The summed E-state index contributed by atoms with van der Waals surface area (Å²) < 4.78 is 0. The normalized spacial score (nSPS) is 9.83. The van der Waals surface area contributed by atoms with Crippen LogP contribution >= 0.6 is 0 Å². The van der Waals surface area contributed by atoms with Gasteiger partial charge < -0.3 is 5.11 Å². The molecule has 1 N–H and O–H groups in total. The maximum Gasteiger partial charge on any atom is 0.335 e. The van der Waals surface area contributed by atoms with E-state index in [0.29, 0.717) is 5.56 Å². The number of aryl methyl sites for hydroxylation is 2. The Bertz CT molecular complexity index is 303. The van der Waals surface area contributed by atoms with Crippen LogP contribution in [-0.4, -0.2) is 11.1 Å². The quantitative estimate of drug-likeness (QED) is 0.727. The fourth-order valence-corrected chi connectivity index (χ4v) is 1.22. The summed E-state index contributed by atoms with van der Waals surface area (Å²) in [7, 11) is 0. The van der Waals surface area contributed by atoms with Gasteiger partial charge in [0.25, 0.3) is 0 Å². The fraction of sp³-hybridized carbons (Fsp3) is 0.300. The number of rotatable bonds is 2. The van der Waals surface area contributed by atoms with E-state index >= 15 is 0 Å². The summed E-state index contributed by atoms with van der Waals surface area (Å²) >= 11 is 0. The van der Waals surface area contributed by atoms with Crippen LogP contribution in [0.5, 0.6) is 0 Å². The zero-order valence-corrected chi connectivity index (χ0v) is 7.29. The topological polar surface area (TPSA) is 37.3 Å². The molecule has 0 aliphatic rings. The molecule has 1 aromatic carbocycles. The van der Waals surface area contributed by atoms with Gasteiger partial charge >= 0.3 is 5.97 Å². The summed E-state index contributed by atoms with van der Waals surface area (Å²) in [5, 5.41) is 8.79. The average molecular weight is 164 g/mol. The van der Waals surface area contributed by atoms with Crippen LogP contribution in [0.2, 0.25) is 0 Å². The Morgan fingerprint density at radius 1 is 1.50 bits per heavy atom. The Morgan fingerprint density at radius 3 is 2.67 bits per heavy atom. The number of carboxylic acid groups (broad SMARTS) is 1. The highest BCUT2D eigenvalue weighted by Crippen LogP contribution is 2.12. The zero-order chi connectivity index (χ0) is 9.14. The van der Waals surface area contributed by atoms with Gasteiger partial charge in [0.15, 0.2) is 0 Å². The molecule has 0 saturated heterocycles. The third-order valence-corrected chi connectivity index (χ3v) is 1.87. The number of hydrogen-bond acceptors (Lipinski definition) is 1. The van der Waals surface area contributed by atoms with Gasteiger partial charge in [-0.1, -0.05) is 24.6 Å². The highest BCUT2D eigenvalue weighted by Gasteiger charge is 2.07. The first-order valence-electron chi connectivity index (χ1n) is 3.98. The molecule has 0 aliphatic heterocycles. The van der Waals surface area contributed by atoms with Gasteiger partial charge in [-0.25, -0.2) is 4.79 Å². The van der Waals surface area contributed by atoms with E-state index in [1.807, 2.05) is 26.0 Å². The van der Waals surface area contributed by atoms with Crippen LogP contribution in [0.4, 0.5) is 0 Å². The maximum atomic E-state index is 10.7. The highest BCUT2D eigenvalue weighted by atomic mass is 16.4. The van der Waals surface area contributed by atoms with E-state index < -0.39 is 5.97 Å². The lowest BCUT2D eigenvalue weighted by molar-refractivity contribution is 0.0696. The first-order chi connectivity index (χ1) is 5.65. The summed E-state index contributed by atoms with van der Waals surface area (Å²) in [5.41, 5.74) is 2.43. The molecule has 0 bridgehead atoms. The standard InChI is InChI=1S/C10H12O2/c1-3-8-6-7(2)4-5-9(8)10(11)12/h4-6H,3H2,1-2H3,(H,11,12). The molecule has 0 radical (unpaired) electrons. The molecule has 0 unspecified atom stereocenters. The predicted octanol–water partition coefficient (Wildman–Crippen LogP) is 2.26. The van der Waals surface area contributed by atoms with E-state index in [0.717, 1.165) is 17.5 Å². The van der Waals surface area contributed by atoms with E-state index in [4.69, 9.17) is 5.11 Å². The second-order valence-corrected chi connectivity index (χ2v) is 2.82. The van der Waals surface area contributed by atoms with Crippen molar-refractivity contribution < 1.29 is 9.90 Å². The monoisotopic (exact) mass is 164 g/mol. The molecule has 0 spiro atoms. The highest BCUT2D eigenvalue weighted by molar-refractivity contribution is 5.89. The largest absolute Gasteiger partial charge is 0.478 e. The van der Waals surface area contributed by atoms with Gasteiger partial charge in [-0.05, 0) is 25.0 Å². The Hall–Kier alpha value is -1.31. The van der Waals surface area contributed by atoms with Crippen LogP contribution < -0.4 is 0 Å². The smallest absolute Gasteiger partial charge is 0.335 e. The third-order valence-electron chi connectivity index (χ3n) is 1.87. The van der Waals surface area contributed by atoms with Gasteiger partial charge in [-0.15, -0.1) is 0 Å². The van der Waals surface area contributed by atoms with Crippen molar-refractivity contribution in [1.29, 1.82) is 0 Å². The molecule has 0 aromatic heterocycles. The van der Waals surface area contributed by atoms with Gasteiger partial charge in [0, 0.05) is 0 Å². The van der Waals surface area contributed by atoms with Gasteiger partial charge in [-0.3, -0.25) is 0 Å². The Kier molecular flexibility index (Phi) is 2.48. The summed E-state index contributed by atoms with van der Waals surface area (Å²) in [5.74, 6) is -0.841. The molecule has 0 heterocycles. The average Bonchev–Trinajstić information content (AvgIpc) is 2.03. The molecular formula is C10H12O2. The van der Waals surface area contributed by atoms with Crippen LogP contribution in [0.3, 0.4) is 0 Å². The van der Waals surface area contributed by atoms with Gasteiger partial charge in [0.1, 0.15) is 0 Å². The number of carboxylic acids is 1. The van der Waals surface area contributed by atoms with Crippen LogP contribution in [-0.2, 0) is 6.42 Å². The molecule has 0 aliphatic carbocycles. The third kappa shape index (κ3) is 1.64. The van der Waals surface area contributed by atoms with Crippen molar-refractivity contribution in [2.75, 3.05) is 0 Å². The summed E-state index contributed by atoms with van der Waals surface area (Å²) in [6.07, 6.45) is 0.767. The van der Waals surface area contributed by atoms with Crippen molar-refractivity contribution >= 4 is 5.97 Å². The van der Waals surface area contributed by atoms with Crippen molar-refractivity contribution in [2.24, 2.45) is 0 Å². The fourth-order valence-electron chi connectivity index (χ4n) is 1.22. The lowest BCUT2D eigenvalue weighted by Crippen LogP contribution is -2.01. The Morgan fingerprint density at radius 2 is 2.17 bits per heavy atom. The van der Waals surface area contributed by atoms with Crippen LogP contribution in [0.15, 0.2) is 18.2 Å². The second-order valence-electron chi connectivity index (χ2n) is 2.82. The molecule has 0 fully saturated rings. The van der Waals surface area contributed by atoms with E-state index in [1.165, 1.54) is 0 Å². The van der Waals surface area contributed by atoms with Crippen LogP contribution in [0, 0.1) is 6.92 Å². The number of benzene rings is 1. The molecule has 2 nitrogen and oxygen atoms in total. The molecule has 12 heavy (non-hydrogen) atoms. The van der Waals surface area contributed by atoms with Crippen LogP contribution in [0.1, 0.15) is 28.4 Å². The van der Waals surface area contributed by atoms with Crippen molar-refractivity contribution in [3.8, 4) is 0 Å². The molecule has 1 rings (SSSR count). The number of carbonyl (C=O) groups is 1. The first-order valence-corrected chi connectivity index (χ1v) is 3.98. The summed E-state index contributed by atoms with van der Waals surface area (Å²) in [6, 6.07) is 5.41. The molecular weight excluding hydrogens is 152 g/mol. The summed E-state index contributed by atoms with van der Waals surface area (Å²) in [6.45, 7) is 3.92. The van der Waals surface area contributed by atoms with Crippen molar-refractivity contribution in [3.63, 3.8) is 0 Å². The first kappa shape index (κ1) is 8.78. The number of aromatic carboxylic acids is 1. The molecule has 0 atom stereocenters. The Labute approximate surface area is 71.8 Å². The zero-order valence-electron chi connectivity index (χ0n) is 7.29. The van der Waals surface area contributed by atoms with E-state index in [2.05, 4.69) is 0 Å². The van der Waals surface area contributed by atoms with E-state index in [1.54, 1.807) is 6.07 Å². The van der Waals surface area contributed by atoms with E-state index in [-0.39, 0.29) is 0 Å². The van der Waals surface area contributed by atoms with Crippen molar-refractivity contribution in [1.82, 2.24) is 0 Å². The minimum Gasteiger partial charge on any atom is -0.478 e. The summed E-state index contributed by atoms with van der Waals surface area (Å²) in [4.78, 5) is 10.7. The SMILES string of the molecule is CCc1cc(C)ccc1C(=O)O. The van der Waals surface area contributed by atoms with Crippen molar-refractivity contribution in [3.05, 3.63) is 34.9 Å². The Balaban J connectivity index is 3.20. The number of hydrogen-bond donors (Lipinski definition) is 1. The minimum atomic E-state index is -0.841. The maximum absolute atomic E-state index is 10.7. The van der Waals surface area contributed by atoms with Crippen molar-refractivity contribution in [2.45, 2.75) is 20.3 Å². The minimum absolute atomic E-state index is 0.420. The van der Waals surface area contributed by atoms with Gasteiger partial charge in [0.2, 0.25) is 0 Å². The van der Waals surface area contributed by atoms with E-state index in [9.17, 15) is 4.79 Å². The predicted molar refractivity (Wildman–Crippen MR) is 47.5 cm³/mol. The molecule has 0 saturated carbocycles. The molecule has 1 aromatic rings. The lowest BCUT2D eigenvalue weighted by Gasteiger charge is -2.03. The molecule has 0 amide bonds. The van der Waals surface area contributed by atoms with Gasteiger partial charge in [0.05, 0.1) is 5.56 Å².